The van der Waals surface area contributed by atoms with Gasteiger partial charge in [-0.15, -0.1) is 0 Å². The number of amides is 1. The van der Waals surface area contributed by atoms with Gasteiger partial charge in [0, 0.05) is 6.04 Å². The monoisotopic (exact) mass is 220 g/mol. The lowest BCUT2D eigenvalue weighted by Gasteiger charge is -2.12. The van der Waals surface area contributed by atoms with Gasteiger partial charge in [-0.25, -0.2) is 0 Å². The van der Waals surface area contributed by atoms with Gasteiger partial charge in [-0.05, 0) is 43.0 Å². The SMILES string of the molecule is CC(Oc1ccc2c(c1)CCC2N)C(N)=O. The number of carbonyl (C=O) groups is 1. The molecule has 1 aliphatic carbocycles. The molecule has 86 valence electrons. The highest BCUT2D eigenvalue weighted by molar-refractivity contribution is 5.78. The minimum absolute atomic E-state index is 0.137. The van der Waals surface area contributed by atoms with Crippen LogP contribution in [0.2, 0.25) is 0 Å². The summed E-state index contributed by atoms with van der Waals surface area (Å²) < 4.78 is 5.42. The Morgan fingerprint density at radius 3 is 3.00 bits per heavy atom. The molecule has 0 aromatic heterocycles. The van der Waals surface area contributed by atoms with Crippen molar-refractivity contribution in [2.75, 3.05) is 0 Å². The number of nitrogens with two attached hydrogens (primary N) is 2. The van der Waals surface area contributed by atoms with Crippen LogP contribution in [0.4, 0.5) is 0 Å². The Kier molecular flexibility index (Phi) is 2.83. The summed E-state index contributed by atoms with van der Waals surface area (Å²) >= 11 is 0. The molecule has 4 N–H and O–H groups in total. The third kappa shape index (κ3) is 2.02. The average molecular weight is 220 g/mol. The predicted molar refractivity (Wildman–Crippen MR) is 61.0 cm³/mol. The van der Waals surface area contributed by atoms with Gasteiger partial charge in [0.25, 0.3) is 5.91 Å². The molecule has 1 aliphatic rings. The Labute approximate surface area is 94.6 Å². The molecule has 2 atom stereocenters. The molecular formula is C12H16N2O2. The first-order chi connectivity index (χ1) is 7.58. The van der Waals surface area contributed by atoms with Crippen molar-refractivity contribution in [1.29, 1.82) is 0 Å². The molecule has 0 heterocycles. The molecule has 2 unspecified atom stereocenters. The van der Waals surface area contributed by atoms with E-state index in [1.807, 2.05) is 18.2 Å². The Bertz CT molecular complexity index is 417. The van der Waals surface area contributed by atoms with Gasteiger partial charge in [0.05, 0.1) is 0 Å². The largest absolute Gasteiger partial charge is 0.481 e. The van der Waals surface area contributed by atoms with E-state index in [2.05, 4.69) is 0 Å². The van der Waals surface area contributed by atoms with Crippen molar-refractivity contribution in [3.63, 3.8) is 0 Å². The van der Waals surface area contributed by atoms with Crippen molar-refractivity contribution in [3.05, 3.63) is 29.3 Å². The summed E-state index contributed by atoms with van der Waals surface area (Å²) in [5.74, 6) is 0.219. The zero-order valence-corrected chi connectivity index (χ0v) is 9.27. The summed E-state index contributed by atoms with van der Waals surface area (Å²) in [4.78, 5) is 10.9. The van der Waals surface area contributed by atoms with Crippen molar-refractivity contribution in [1.82, 2.24) is 0 Å². The standard InChI is InChI=1S/C12H16N2O2/c1-7(12(14)15)16-9-3-4-10-8(6-9)2-5-11(10)13/h3-4,6-7,11H,2,5,13H2,1H3,(H2,14,15). The third-order valence-electron chi connectivity index (χ3n) is 2.95. The molecule has 0 saturated heterocycles. The Morgan fingerprint density at radius 2 is 2.31 bits per heavy atom. The number of ether oxygens (including phenoxy) is 1. The maximum atomic E-state index is 10.9. The number of carbonyl (C=O) groups excluding carboxylic acids is 1. The van der Waals surface area contributed by atoms with E-state index in [1.165, 1.54) is 11.1 Å². The van der Waals surface area contributed by atoms with Crippen molar-refractivity contribution in [2.45, 2.75) is 31.9 Å². The van der Waals surface area contributed by atoms with E-state index in [0.717, 1.165) is 12.8 Å². The fourth-order valence-corrected chi connectivity index (χ4v) is 1.96. The smallest absolute Gasteiger partial charge is 0.258 e. The Balaban J connectivity index is 2.16. The molecule has 1 amide bonds. The number of benzene rings is 1. The second kappa shape index (κ2) is 4.14. The van der Waals surface area contributed by atoms with Crippen LogP contribution in [0.15, 0.2) is 18.2 Å². The van der Waals surface area contributed by atoms with Crippen molar-refractivity contribution >= 4 is 5.91 Å². The van der Waals surface area contributed by atoms with Crippen LogP contribution in [-0.4, -0.2) is 12.0 Å². The van der Waals surface area contributed by atoms with E-state index in [4.69, 9.17) is 16.2 Å². The van der Waals surface area contributed by atoms with Crippen molar-refractivity contribution in [3.8, 4) is 5.75 Å². The zero-order chi connectivity index (χ0) is 11.7. The molecule has 0 fully saturated rings. The molecule has 1 aromatic carbocycles. The first-order valence-electron chi connectivity index (χ1n) is 5.42. The number of fused-ring (bicyclic) bond motifs is 1. The van der Waals surface area contributed by atoms with Crippen molar-refractivity contribution in [2.24, 2.45) is 11.5 Å². The Morgan fingerprint density at radius 1 is 1.56 bits per heavy atom. The van der Waals surface area contributed by atoms with Crippen molar-refractivity contribution < 1.29 is 9.53 Å². The van der Waals surface area contributed by atoms with Gasteiger partial charge in [-0.2, -0.15) is 0 Å². The maximum absolute atomic E-state index is 10.9. The van der Waals surface area contributed by atoms with Gasteiger partial charge >= 0.3 is 0 Å². The van der Waals surface area contributed by atoms with Gasteiger partial charge in [0.1, 0.15) is 5.75 Å². The number of hydrogen-bond donors (Lipinski definition) is 2. The van der Waals surface area contributed by atoms with E-state index in [-0.39, 0.29) is 6.04 Å². The molecule has 1 aromatic rings. The van der Waals surface area contributed by atoms with Crippen LogP contribution in [0.25, 0.3) is 0 Å². The predicted octanol–water partition coefficient (Wildman–Crippen LogP) is 0.885. The highest BCUT2D eigenvalue weighted by Gasteiger charge is 2.20. The Hall–Kier alpha value is -1.55. The normalized spacial score (nSPS) is 20.2. The van der Waals surface area contributed by atoms with Crippen LogP contribution < -0.4 is 16.2 Å². The van der Waals surface area contributed by atoms with Gasteiger partial charge in [0.2, 0.25) is 0 Å². The highest BCUT2D eigenvalue weighted by atomic mass is 16.5. The quantitative estimate of drug-likeness (QED) is 0.793. The lowest BCUT2D eigenvalue weighted by Crippen LogP contribution is -2.30. The van der Waals surface area contributed by atoms with Crippen LogP contribution in [0.1, 0.15) is 30.5 Å². The van der Waals surface area contributed by atoms with Crippen LogP contribution in [0.5, 0.6) is 5.75 Å². The van der Waals surface area contributed by atoms with Crippen LogP contribution in [0.3, 0.4) is 0 Å². The highest BCUT2D eigenvalue weighted by Crippen LogP contribution is 2.31. The molecule has 2 rings (SSSR count). The number of hydrogen-bond acceptors (Lipinski definition) is 3. The van der Waals surface area contributed by atoms with Crippen LogP contribution in [0, 0.1) is 0 Å². The summed E-state index contributed by atoms with van der Waals surface area (Å²) in [6.45, 7) is 1.64. The van der Waals surface area contributed by atoms with Gasteiger partial charge in [-0.1, -0.05) is 6.07 Å². The first kappa shape index (κ1) is 11.0. The van der Waals surface area contributed by atoms with Gasteiger partial charge in [-0.3, -0.25) is 4.79 Å². The van der Waals surface area contributed by atoms with Crippen LogP contribution >= 0.6 is 0 Å². The van der Waals surface area contributed by atoms with E-state index in [9.17, 15) is 4.79 Å². The topological polar surface area (TPSA) is 78.3 Å². The second-order valence-corrected chi connectivity index (χ2v) is 4.17. The molecule has 0 radical (unpaired) electrons. The molecule has 4 nitrogen and oxygen atoms in total. The summed E-state index contributed by atoms with van der Waals surface area (Å²) in [5, 5.41) is 0. The zero-order valence-electron chi connectivity index (χ0n) is 9.27. The minimum Gasteiger partial charge on any atom is -0.481 e. The summed E-state index contributed by atoms with van der Waals surface area (Å²) in [5.41, 5.74) is 13.5. The maximum Gasteiger partial charge on any atom is 0.258 e. The number of aryl methyl sites for hydroxylation is 1. The second-order valence-electron chi connectivity index (χ2n) is 4.17. The molecule has 0 spiro atoms. The first-order valence-corrected chi connectivity index (χ1v) is 5.42. The van der Waals surface area contributed by atoms with Gasteiger partial charge in [0.15, 0.2) is 6.10 Å². The van der Waals surface area contributed by atoms with E-state index >= 15 is 0 Å². The van der Waals surface area contributed by atoms with E-state index in [0.29, 0.717) is 5.75 Å². The summed E-state index contributed by atoms with van der Waals surface area (Å²) in [6.07, 6.45) is 1.34. The molecule has 4 heteroatoms. The third-order valence-corrected chi connectivity index (χ3v) is 2.95. The van der Waals surface area contributed by atoms with Gasteiger partial charge < -0.3 is 16.2 Å². The van der Waals surface area contributed by atoms with Crippen LogP contribution in [-0.2, 0) is 11.2 Å². The lowest BCUT2D eigenvalue weighted by molar-refractivity contribution is -0.123. The molecule has 0 saturated carbocycles. The number of rotatable bonds is 3. The minimum atomic E-state index is -0.604. The fourth-order valence-electron chi connectivity index (χ4n) is 1.96. The molecule has 0 aliphatic heterocycles. The van der Waals surface area contributed by atoms with E-state index < -0.39 is 12.0 Å². The molecule has 0 bridgehead atoms. The number of primary amides is 1. The van der Waals surface area contributed by atoms with E-state index in [1.54, 1.807) is 6.92 Å². The summed E-state index contributed by atoms with van der Waals surface area (Å²) in [7, 11) is 0. The fraction of sp³-hybridized carbons (Fsp3) is 0.417. The molecular weight excluding hydrogens is 204 g/mol. The summed E-state index contributed by atoms with van der Waals surface area (Å²) in [6, 6.07) is 5.89. The molecule has 16 heavy (non-hydrogen) atoms. The average Bonchev–Trinajstić information content (AvgIpc) is 2.60. The lowest BCUT2D eigenvalue weighted by atomic mass is 10.1.